The molecule has 0 saturated heterocycles. The Morgan fingerprint density at radius 1 is 0.840 bits per heavy atom. The lowest BCUT2D eigenvalue weighted by molar-refractivity contribution is 0.102. The normalized spacial score (nSPS) is 10.8. The Kier molecular flexibility index (Phi) is 5.80. The van der Waals surface area contributed by atoms with Gasteiger partial charge in [0, 0.05) is 16.9 Å². The molecule has 0 atom stereocenters. The fraction of sp³-hybridized carbons (Fsp3) is 0.300. The molecule has 0 spiro atoms. The minimum absolute atomic E-state index is 0.144. The fourth-order valence-corrected chi connectivity index (χ4v) is 2.60. The summed E-state index contributed by atoms with van der Waals surface area (Å²) >= 11 is 0. The second-order valence-corrected chi connectivity index (χ2v) is 6.68. The third kappa shape index (κ3) is 4.83. The summed E-state index contributed by atoms with van der Waals surface area (Å²) in [4.78, 5) is 23.5. The molecule has 132 valence electrons. The van der Waals surface area contributed by atoms with Crippen LogP contribution in [0.25, 0.3) is 0 Å². The van der Waals surface area contributed by atoms with Crippen LogP contribution < -0.4 is 16.4 Å². The Bertz CT molecular complexity index is 765. The lowest BCUT2D eigenvalue weighted by atomic mass is 9.91. The van der Waals surface area contributed by atoms with Crippen LogP contribution in [-0.2, 0) is 0 Å². The van der Waals surface area contributed by atoms with Gasteiger partial charge in [0.05, 0.1) is 0 Å². The quantitative estimate of drug-likeness (QED) is 0.739. The van der Waals surface area contributed by atoms with E-state index in [2.05, 4.69) is 44.4 Å². The molecule has 0 aliphatic rings. The third-order valence-corrected chi connectivity index (χ3v) is 4.02. The molecule has 2 rings (SSSR count). The van der Waals surface area contributed by atoms with E-state index in [0.29, 0.717) is 22.9 Å². The molecule has 25 heavy (non-hydrogen) atoms. The van der Waals surface area contributed by atoms with Crippen molar-refractivity contribution in [3.8, 4) is 0 Å². The molecule has 3 amide bonds. The first-order chi connectivity index (χ1) is 11.8. The summed E-state index contributed by atoms with van der Waals surface area (Å²) in [6, 6.07) is 12.2. The molecule has 5 heteroatoms. The van der Waals surface area contributed by atoms with E-state index in [9.17, 15) is 9.59 Å². The molecule has 0 radical (unpaired) electrons. The van der Waals surface area contributed by atoms with Crippen LogP contribution in [0.1, 0.15) is 61.0 Å². The molecular weight excluding hydrogens is 314 g/mol. The average Bonchev–Trinajstić information content (AvgIpc) is 2.55. The van der Waals surface area contributed by atoms with E-state index in [1.807, 2.05) is 12.1 Å². The van der Waals surface area contributed by atoms with Gasteiger partial charge in [0.2, 0.25) is 0 Å². The van der Waals surface area contributed by atoms with Crippen LogP contribution in [0.2, 0.25) is 0 Å². The van der Waals surface area contributed by atoms with Gasteiger partial charge in [0.1, 0.15) is 0 Å². The number of hydrogen-bond acceptors (Lipinski definition) is 2. The summed E-state index contributed by atoms with van der Waals surface area (Å²) in [7, 11) is 0. The highest BCUT2D eigenvalue weighted by molar-refractivity contribution is 6.05. The monoisotopic (exact) mass is 339 g/mol. The summed E-state index contributed by atoms with van der Waals surface area (Å²) < 4.78 is 0. The summed E-state index contributed by atoms with van der Waals surface area (Å²) in [6.07, 6.45) is 0. The van der Waals surface area contributed by atoms with Gasteiger partial charge < -0.3 is 16.4 Å². The maximum absolute atomic E-state index is 12.7. The van der Waals surface area contributed by atoms with Crippen LogP contribution in [0.4, 0.5) is 16.2 Å². The number of hydrogen-bond donors (Lipinski definition) is 3. The van der Waals surface area contributed by atoms with Crippen molar-refractivity contribution in [1.82, 2.24) is 0 Å². The molecule has 0 fully saturated rings. The van der Waals surface area contributed by atoms with Crippen LogP contribution in [0.3, 0.4) is 0 Å². The minimum Gasteiger partial charge on any atom is -0.351 e. The topological polar surface area (TPSA) is 84.2 Å². The van der Waals surface area contributed by atoms with Gasteiger partial charge in [-0.15, -0.1) is 0 Å². The van der Waals surface area contributed by atoms with Crippen molar-refractivity contribution in [1.29, 1.82) is 0 Å². The highest BCUT2D eigenvalue weighted by Crippen LogP contribution is 2.26. The number of anilines is 2. The molecule has 0 saturated carbocycles. The van der Waals surface area contributed by atoms with E-state index >= 15 is 0 Å². The maximum Gasteiger partial charge on any atom is 0.316 e. The Morgan fingerprint density at radius 2 is 1.40 bits per heavy atom. The van der Waals surface area contributed by atoms with Crippen LogP contribution in [0, 0.1) is 0 Å². The van der Waals surface area contributed by atoms with E-state index in [4.69, 9.17) is 5.73 Å². The van der Waals surface area contributed by atoms with Crippen molar-refractivity contribution in [2.24, 2.45) is 5.73 Å². The number of carbonyl (C=O) groups is 2. The standard InChI is InChI=1S/C20H25N3O2/c1-12(2)14-5-10-17(18(11-14)13(3)4)19(24)22-15-6-8-16(9-7-15)23-20(21)25/h5-13H,1-4H3,(H,22,24)(H3,21,23,25). The predicted octanol–water partition coefficient (Wildman–Crippen LogP) is 4.68. The SMILES string of the molecule is CC(C)c1ccc(C(=O)Nc2ccc(NC(N)=O)cc2)c(C(C)C)c1. The van der Waals surface area contributed by atoms with Gasteiger partial charge in [-0.05, 0) is 53.3 Å². The van der Waals surface area contributed by atoms with E-state index in [0.717, 1.165) is 5.56 Å². The molecule has 0 aliphatic heterocycles. The molecule has 0 bridgehead atoms. The highest BCUT2D eigenvalue weighted by atomic mass is 16.2. The summed E-state index contributed by atoms with van der Waals surface area (Å²) in [5, 5.41) is 5.38. The predicted molar refractivity (Wildman–Crippen MR) is 102 cm³/mol. The van der Waals surface area contributed by atoms with Gasteiger partial charge in [-0.2, -0.15) is 0 Å². The summed E-state index contributed by atoms with van der Waals surface area (Å²) in [5.41, 5.74) is 9.25. The summed E-state index contributed by atoms with van der Waals surface area (Å²) in [6.45, 7) is 8.45. The number of amides is 3. The first-order valence-corrected chi connectivity index (χ1v) is 8.39. The molecule has 2 aromatic carbocycles. The average molecular weight is 339 g/mol. The van der Waals surface area contributed by atoms with Gasteiger partial charge in [-0.1, -0.05) is 39.8 Å². The van der Waals surface area contributed by atoms with Gasteiger partial charge in [-0.25, -0.2) is 4.79 Å². The van der Waals surface area contributed by atoms with E-state index in [-0.39, 0.29) is 11.8 Å². The molecule has 0 heterocycles. The Hall–Kier alpha value is -2.82. The fourth-order valence-electron chi connectivity index (χ4n) is 2.60. The lowest BCUT2D eigenvalue weighted by Crippen LogP contribution is -2.19. The van der Waals surface area contributed by atoms with Crippen molar-refractivity contribution in [2.45, 2.75) is 39.5 Å². The van der Waals surface area contributed by atoms with Crippen molar-refractivity contribution in [3.05, 3.63) is 59.2 Å². The smallest absolute Gasteiger partial charge is 0.316 e. The number of carbonyl (C=O) groups excluding carboxylic acids is 2. The van der Waals surface area contributed by atoms with E-state index in [1.54, 1.807) is 24.3 Å². The number of urea groups is 1. The van der Waals surface area contributed by atoms with Gasteiger partial charge in [0.15, 0.2) is 0 Å². The molecule has 2 aromatic rings. The van der Waals surface area contributed by atoms with Crippen molar-refractivity contribution in [2.75, 3.05) is 10.6 Å². The minimum atomic E-state index is -0.622. The van der Waals surface area contributed by atoms with Crippen LogP contribution in [0.15, 0.2) is 42.5 Å². The van der Waals surface area contributed by atoms with Crippen LogP contribution >= 0.6 is 0 Å². The van der Waals surface area contributed by atoms with Crippen molar-refractivity contribution >= 4 is 23.3 Å². The molecule has 0 aromatic heterocycles. The zero-order chi connectivity index (χ0) is 18.6. The van der Waals surface area contributed by atoms with Gasteiger partial charge >= 0.3 is 6.03 Å². The number of rotatable bonds is 5. The number of benzene rings is 2. The maximum atomic E-state index is 12.7. The molecule has 0 unspecified atom stereocenters. The van der Waals surface area contributed by atoms with Crippen LogP contribution in [0.5, 0.6) is 0 Å². The Balaban J connectivity index is 2.21. The molecular formula is C20H25N3O2. The summed E-state index contributed by atoms with van der Waals surface area (Å²) in [5.74, 6) is 0.524. The van der Waals surface area contributed by atoms with E-state index in [1.165, 1.54) is 5.56 Å². The number of nitrogens with one attached hydrogen (secondary N) is 2. The Morgan fingerprint density at radius 3 is 1.88 bits per heavy atom. The second kappa shape index (κ2) is 7.83. The zero-order valence-electron chi connectivity index (χ0n) is 15.1. The molecule has 5 nitrogen and oxygen atoms in total. The largest absolute Gasteiger partial charge is 0.351 e. The lowest BCUT2D eigenvalue weighted by Gasteiger charge is -2.16. The zero-order valence-corrected chi connectivity index (χ0v) is 15.1. The van der Waals surface area contributed by atoms with Crippen LogP contribution in [-0.4, -0.2) is 11.9 Å². The second-order valence-electron chi connectivity index (χ2n) is 6.68. The number of nitrogens with two attached hydrogens (primary N) is 1. The third-order valence-electron chi connectivity index (χ3n) is 4.02. The van der Waals surface area contributed by atoms with Crippen molar-refractivity contribution in [3.63, 3.8) is 0 Å². The first kappa shape index (κ1) is 18.5. The number of primary amides is 1. The van der Waals surface area contributed by atoms with Gasteiger partial charge in [-0.3, -0.25) is 4.79 Å². The Labute approximate surface area is 148 Å². The van der Waals surface area contributed by atoms with Crippen molar-refractivity contribution < 1.29 is 9.59 Å². The van der Waals surface area contributed by atoms with E-state index < -0.39 is 6.03 Å². The molecule has 4 N–H and O–H groups in total. The molecule has 0 aliphatic carbocycles. The highest BCUT2D eigenvalue weighted by Gasteiger charge is 2.15. The van der Waals surface area contributed by atoms with Gasteiger partial charge in [0.25, 0.3) is 5.91 Å². The first-order valence-electron chi connectivity index (χ1n) is 8.39.